The molecule has 4 bridgehead atoms. The molecular formula is C21H28N6O. The number of hydrogen-bond donors (Lipinski definition) is 1. The Morgan fingerprint density at radius 3 is 2.57 bits per heavy atom. The van der Waals surface area contributed by atoms with E-state index in [2.05, 4.69) is 55.5 Å². The van der Waals surface area contributed by atoms with E-state index in [0.29, 0.717) is 12.3 Å². The quantitative estimate of drug-likeness (QED) is 0.801. The van der Waals surface area contributed by atoms with E-state index in [4.69, 9.17) is 0 Å². The maximum absolute atomic E-state index is 12.8. The zero-order valence-corrected chi connectivity index (χ0v) is 16.2. The lowest BCUT2D eigenvalue weighted by atomic mass is 9.64. The summed E-state index contributed by atoms with van der Waals surface area (Å²) in [4.78, 5) is 22.0. The molecule has 0 spiro atoms. The number of nitrogens with one attached hydrogen (secondary N) is 1. The van der Waals surface area contributed by atoms with Crippen molar-refractivity contribution in [2.75, 3.05) is 39.3 Å². The first-order valence-electron chi connectivity index (χ1n) is 10.3. The summed E-state index contributed by atoms with van der Waals surface area (Å²) in [5, 5.41) is 7.58. The van der Waals surface area contributed by atoms with Gasteiger partial charge in [0.15, 0.2) is 0 Å². The molecule has 148 valence electrons. The van der Waals surface area contributed by atoms with E-state index in [9.17, 15) is 4.79 Å². The lowest BCUT2D eigenvalue weighted by Gasteiger charge is -2.55. The highest BCUT2D eigenvalue weighted by molar-refractivity contribution is 5.76. The number of amides is 1. The highest BCUT2D eigenvalue weighted by atomic mass is 16.1. The lowest BCUT2D eigenvalue weighted by Crippen LogP contribution is -2.70. The fraction of sp³-hybridized carbons (Fsp3) is 0.571. The van der Waals surface area contributed by atoms with Crippen LogP contribution in [0, 0.1) is 5.92 Å². The van der Waals surface area contributed by atoms with Crippen molar-refractivity contribution in [1.29, 1.82) is 0 Å². The van der Waals surface area contributed by atoms with Crippen LogP contribution in [0.5, 0.6) is 0 Å². The number of hydrogen-bond acceptors (Lipinski definition) is 5. The summed E-state index contributed by atoms with van der Waals surface area (Å²) < 4.78 is 1.78. The molecule has 28 heavy (non-hydrogen) atoms. The minimum atomic E-state index is -0.0134. The van der Waals surface area contributed by atoms with Crippen LogP contribution in [0.2, 0.25) is 0 Å². The van der Waals surface area contributed by atoms with E-state index in [0.717, 1.165) is 52.2 Å². The smallest absolute Gasteiger partial charge is 0.220 e. The van der Waals surface area contributed by atoms with Gasteiger partial charge in [0.05, 0.1) is 0 Å². The summed E-state index contributed by atoms with van der Waals surface area (Å²) >= 11 is 0. The van der Waals surface area contributed by atoms with Crippen LogP contribution in [-0.4, -0.2) is 75.8 Å². The third kappa shape index (κ3) is 3.22. The van der Waals surface area contributed by atoms with Gasteiger partial charge in [-0.1, -0.05) is 30.3 Å². The number of carbonyl (C=O) groups excluding carboxylic acids is 1. The molecule has 1 N–H and O–H groups in total. The Balaban J connectivity index is 1.34. The number of carbonyl (C=O) groups is 1. The Labute approximate surface area is 165 Å². The fourth-order valence-electron chi connectivity index (χ4n) is 5.56. The van der Waals surface area contributed by atoms with E-state index in [1.54, 1.807) is 11.0 Å². The van der Waals surface area contributed by atoms with Crippen molar-refractivity contribution in [3.63, 3.8) is 0 Å². The molecule has 4 aliphatic heterocycles. The number of rotatable bonds is 6. The minimum absolute atomic E-state index is 0.0134. The first-order valence-corrected chi connectivity index (χ1v) is 10.3. The summed E-state index contributed by atoms with van der Waals surface area (Å²) in [5.74, 6) is 0.654. The average molecular weight is 380 g/mol. The maximum Gasteiger partial charge on any atom is 0.220 e. The zero-order valence-electron chi connectivity index (χ0n) is 16.2. The minimum Gasteiger partial charge on any atom is -0.352 e. The maximum atomic E-state index is 12.8. The number of aryl methyl sites for hydroxylation is 1. The van der Waals surface area contributed by atoms with Crippen LogP contribution in [0.25, 0.3) is 0 Å². The second-order valence-corrected chi connectivity index (χ2v) is 8.56. The van der Waals surface area contributed by atoms with E-state index < -0.39 is 0 Å². The Hall–Kier alpha value is -2.25. The van der Waals surface area contributed by atoms with Crippen molar-refractivity contribution in [2.45, 2.75) is 30.8 Å². The van der Waals surface area contributed by atoms with Crippen molar-refractivity contribution in [1.82, 2.24) is 29.9 Å². The molecule has 7 heteroatoms. The highest BCUT2D eigenvalue weighted by Gasteiger charge is 2.55. The molecule has 4 fully saturated rings. The van der Waals surface area contributed by atoms with Crippen LogP contribution in [0.1, 0.15) is 18.4 Å². The average Bonchev–Trinajstić information content (AvgIpc) is 3.09. The topological polar surface area (TPSA) is 66.3 Å². The molecule has 4 saturated heterocycles. The first-order chi connectivity index (χ1) is 13.7. The molecule has 0 saturated carbocycles. The van der Waals surface area contributed by atoms with Crippen molar-refractivity contribution < 1.29 is 4.79 Å². The molecule has 6 rings (SSSR count). The van der Waals surface area contributed by atoms with E-state index in [-0.39, 0.29) is 17.4 Å². The normalized spacial score (nSPS) is 33.6. The molecule has 1 aromatic carbocycles. The molecule has 1 amide bonds. The molecule has 3 atom stereocenters. The van der Waals surface area contributed by atoms with Crippen LogP contribution in [-0.2, 0) is 16.8 Å². The number of fused-ring (bicyclic) bond motifs is 1. The first kappa shape index (κ1) is 17.8. The second-order valence-electron chi connectivity index (χ2n) is 8.56. The summed E-state index contributed by atoms with van der Waals surface area (Å²) in [6, 6.07) is 11.0. The van der Waals surface area contributed by atoms with Crippen LogP contribution >= 0.6 is 0 Å². The van der Waals surface area contributed by atoms with Gasteiger partial charge in [-0.05, 0) is 12.0 Å². The zero-order chi connectivity index (χ0) is 19.0. The third-order valence-electron chi connectivity index (χ3n) is 6.72. The summed E-state index contributed by atoms with van der Waals surface area (Å²) in [5.41, 5.74) is 1.35. The van der Waals surface area contributed by atoms with Gasteiger partial charge in [-0.3, -0.25) is 9.48 Å². The van der Waals surface area contributed by atoms with Gasteiger partial charge in [0.1, 0.15) is 12.7 Å². The van der Waals surface area contributed by atoms with Crippen LogP contribution in [0.15, 0.2) is 43.0 Å². The van der Waals surface area contributed by atoms with E-state index >= 15 is 0 Å². The van der Waals surface area contributed by atoms with Crippen molar-refractivity contribution in [2.24, 2.45) is 5.92 Å². The molecule has 7 nitrogen and oxygen atoms in total. The molecule has 1 aromatic heterocycles. The molecule has 0 aliphatic carbocycles. The highest BCUT2D eigenvalue weighted by Crippen LogP contribution is 2.43. The second kappa shape index (κ2) is 7.29. The Bertz CT molecular complexity index is 792. The predicted molar refractivity (Wildman–Crippen MR) is 106 cm³/mol. The molecular weight excluding hydrogens is 352 g/mol. The number of piperidine rings is 2. The summed E-state index contributed by atoms with van der Waals surface area (Å²) in [6.07, 6.45) is 4.54. The van der Waals surface area contributed by atoms with Gasteiger partial charge in [0, 0.05) is 69.6 Å². The fourth-order valence-corrected chi connectivity index (χ4v) is 5.56. The van der Waals surface area contributed by atoms with Crippen LogP contribution in [0.3, 0.4) is 0 Å². The monoisotopic (exact) mass is 380 g/mol. The van der Waals surface area contributed by atoms with Crippen molar-refractivity contribution in [3.05, 3.63) is 48.5 Å². The van der Waals surface area contributed by atoms with Gasteiger partial charge < -0.3 is 15.1 Å². The van der Waals surface area contributed by atoms with Crippen molar-refractivity contribution in [3.8, 4) is 0 Å². The van der Waals surface area contributed by atoms with Crippen LogP contribution in [0.4, 0.5) is 0 Å². The Kier molecular flexibility index (Phi) is 4.64. The predicted octanol–water partition coefficient (Wildman–Crippen LogP) is 0.742. The lowest BCUT2D eigenvalue weighted by molar-refractivity contribution is -0.124. The Morgan fingerprint density at radius 2 is 1.89 bits per heavy atom. The molecule has 5 heterocycles. The van der Waals surface area contributed by atoms with E-state index in [1.165, 1.54) is 11.9 Å². The van der Waals surface area contributed by atoms with Gasteiger partial charge in [-0.25, -0.2) is 4.98 Å². The molecule has 2 aromatic rings. The number of benzene rings is 1. The standard InChI is InChI=1S/C21H28N6O/c28-19(7-4-8-27-16-22-15-23-27)24-20-17-11-25-9-10-26(12-17)14-21(20,13-25)18-5-2-1-3-6-18/h1-3,5-6,15-17,20H,4,7-14H2,(H,24,28)/t17?,20-,21?/m0/s1. The van der Waals surface area contributed by atoms with Gasteiger partial charge in [-0.2, -0.15) is 5.10 Å². The number of aromatic nitrogens is 3. The number of nitrogens with zero attached hydrogens (tertiary/aromatic N) is 5. The molecule has 0 radical (unpaired) electrons. The summed E-state index contributed by atoms with van der Waals surface area (Å²) in [7, 11) is 0. The van der Waals surface area contributed by atoms with Gasteiger partial charge >= 0.3 is 0 Å². The van der Waals surface area contributed by atoms with Crippen molar-refractivity contribution >= 4 is 5.91 Å². The molecule has 4 aliphatic rings. The van der Waals surface area contributed by atoms with Gasteiger partial charge in [0.25, 0.3) is 0 Å². The van der Waals surface area contributed by atoms with Gasteiger partial charge in [0.2, 0.25) is 5.91 Å². The molecule has 2 unspecified atom stereocenters. The third-order valence-corrected chi connectivity index (χ3v) is 6.72. The summed E-state index contributed by atoms with van der Waals surface area (Å²) in [6.45, 7) is 7.27. The SMILES string of the molecule is O=C(CCCn1cncn1)N[C@H]1C2CN3CCN(C2)CC1(c1ccccc1)C3. The largest absolute Gasteiger partial charge is 0.352 e. The van der Waals surface area contributed by atoms with Crippen LogP contribution < -0.4 is 5.32 Å². The van der Waals surface area contributed by atoms with E-state index in [1.807, 2.05) is 0 Å². The Morgan fingerprint density at radius 1 is 1.14 bits per heavy atom. The van der Waals surface area contributed by atoms with Gasteiger partial charge in [-0.15, -0.1) is 0 Å².